The van der Waals surface area contributed by atoms with Gasteiger partial charge in [-0.1, -0.05) is 0 Å². The van der Waals surface area contributed by atoms with E-state index in [1.807, 2.05) is 5.32 Å². The van der Waals surface area contributed by atoms with E-state index in [4.69, 9.17) is 9.47 Å². The van der Waals surface area contributed by atoms with Crippen LogP contribution in [0.25, 0.3) is 5.57 Å². The van der Waals surface area contributed by atoms with Crippen LogP contribution in [-0.4, -0.2) is 32.9 Å². The molecule has 12 heteroatoms. The quantitative estimate of drug-likeness (QED) is 0.254. The van der Waals surface area contributed by atoms with Gasteiger partial charge in [-0.25, -0.2) is 0 Å². The molecule has 4 rings (SSSR count). The minimum atomic E-state index is -4.61. The number of benzene rings is 3. The van der Waals surface area contributed by atoms with Crippen molar-refractivity contribution in [2.75, 3.05) is 19.0 Å². The van der Waals surface area contributed by atoms with Gasteiger partial charge in [0.25, 0.3) is 0 Å². The zero-order valence-corrected chi connectivity index (χ0v) is 18.5. The third-order valence-electron chi connectivity index (χ3n) is 5.34. The monoisotopic (exact) mass is 513 g/mol. The summed E-state index contributed by atoms with van der Waals surface area (Å²) in [6.45, 7) is -0.849. The molecule has 3 nitrogen and oxygen atoms in total. The summed E-state index contributed by atoms with van der Waals surface area (Å²) in [6.07, 6.45) is -10.6. The van der Waals surface area contributed by atoms with Crippen LogP contribution in [0.4, 0.5) is 40.8 Å². The molecule has 1 aliphatic rings. The van der Waals surface area contributed by atoms with Crippen LogP contribution in [0.15, 0.2) is 48.5 Å². The molecule has 1 N–H and O–H groups in total. The second-order valence-electron chi connectivity index (χ2n) is 7.90. The molecular formula is C24H16BF8NO2. The van der Waals surface area contributed by atoms with Crippen LogP contribution in [-0.2, 0) is 0 Å². The molecule has 0 unspecified atom stereocenters. The molecule has 0 bridgehead atoms. The van der Waals surface area contributed by atoms with Crippen LogP contribution in [0.1, 0.15) is 11.1 Å². The van der Waals surface area contributed by atoms with Crippen molar-refractivity contribution in [3.8, 4) is 17.2 Å². The second kappa shape index (κ2) is 9.48. The van der Waals surface area contributed by atoms with Crippen molar-refractivity contribution >= 4 is 18.2 Å². The fourth-order valence-corrected chi connectivity index (χ4v) is 3.73. The van der Waals surface area contributed by atoms with Gasteiger partial charge in [0.1, 0.15) is 0 Å². The number of ether oxygens (including phenoxy) is 2. The van der Waals surface area contributed by atoms with Gasteiger partial charge in [-0.15, -0.1) is 0 Å². The third kappa shape index (κ3) is 5.63. The minimum absolute atomic E-state index is 0.0449. The summed E-state index contributed by atoms with van der Waals surface area (Å²) in [5.41, 5.74) is 0.364. The van der Waals surface area contributed by atoms with Gasteiger partial charge < -0.3 is 0 Å². The average molecular weight is 513 g/mol. The summed E-state index contributed by atoms with van der Waals surface area (Å²) in [7, 11) is 1.44. The van der Waals surface area contributed by atoms with E-state index in [2.05, 4.69) is 0 Å². The van der Waals surface area contributed by atoms with Gasteiger partial charge in [-0.05, 0) is 0 Å². The Morgan fingerprint density at radius 1 is 0.861 bits per heavy atom. The number of anilines is 1. The normalized spacial score (nSPS) is 13.5. The molecule has 0 spiro atoms. The molecule has 1 aliphatic heterocycles. The van der Waals surface area contributed by atoms with Crippen LogP contribution >= 0.6 is 0 Å². The Labute approximate surface area is 199 Å². The number of fused-ring (bicyclic) bond motifs is 2. The first-order chi connectivity index (χ1) is 16.8. The molecule has 1 heterocycles. The fourth-order valence-electron chi connectivity index (χ4n) is 3.73. The number of hydrogen-bond acceptors (Lipinski definition) is 3. The Hall–Kier alpha value is -3.57. The molecule has 0 aromatic heterocycles. The fraction of sp³-hybridized carbons (Fsp3) is 0.208. The Balaban J connectivity index is 1.93. The molecule has 188 valence electrons. The Morgan fingerprint density at radius 2 is 1.56 bits per heavy atom. The molecule has 0 atom stereocenters. The van der Waals surface area contributed by atoms with E-state index in [1.54, 1.807) is 24.3 Å². The molecule has 3 aromatic carbocycles. The van der Waals surface area contributed by atoms with Crippen molar-refractivity contribution in [2.45, 2.75) is 18.7 Å². The van der Waals surface area contributed by atoms with Crippen LogP contribution in [0.3, 0.4) is 0 Å². The number of nitrogens with one attached hydrogen (secondary N) is 1. The predicted molar refractivity (Wildman–Crippen MR) is 117 cm³/mol. The number of methoxy groups -OCH3 is 1. The summed E-state index contributed by atoms with van der Waals surface area (Å²) < 4.78 is 116. The molecule has 0 saturated heterocycles. The zero-order chi connectivity index (χ0) is 26.3. The third-order valence-corrected chi connectivity index (χ3v) is 5.34. The van der Waals surface area contributed by atoms with Gasteiger partial charge in [0, 0.05) is 0 Å². The average Bonchev–Trinajstić information content (AvgIpc) is 2.79. The van der Waals surface area contributed by atoms with Crippen LogP contribution in [0.2, 0.25) is 6.32 Å². The summed E-state index contributed by atoms with van der Waals surface area (Å²) in [4.78, 5) is 0. The molecule has 3 aromatic rings. The van der Waals surface area contributed by atoms with Crippen LogP contribution in [0, 0.1) is 16.7 Å². The zero-order valence-electron chi connectivity index (χ0n) is 18.5. The van der Waals surface area contributed by atoms with Crippen molar-refractivity contribution < 1.29 is 44.6 Å². The van der Waals surface area contributed by atoms with E-state index in [9.17, 15) is 35.1 Å². The summed E-state index contributed by atoms with van der Waals surface area (Å²) in [5, 5.41) is 1.71. The summed E-state index contributed by atoms with van der Waals surface area (Å²) in [5.74, 6) is -1.58. The topological polar surface area (TPSA) is 30.5 Å². The van der Waals surface area contributed by atoms with E-state index >= 15 is 0 Å². The molecule has 0 radical (unpaired) electrons. The maximum atomic E-state index is 14.8. The van der Waals surface area contributed by atoms with Crippen molar-refractivity contribution in [3.05, 3.63) is 81.6 Å². The molecule has 36 heavy (non-hydrogen) atoms. The SMILES string of the molecule is COc1ccc(C2=c3cc(F)c(=BCC(F)(F)F)cc3Oc3cc(NCC(F)(F)F)c(F)cc32)cc1. The molecule has 0 aliphatic carbocycles. The first-order valence-electron chi connectivity index (χ1n) is 10.4. The molecular weight excluding hydrogens is 497 g/mol. The Bertz CT molecular complexity index is 1420. The van der Waals surface area contributed by atoms with Crippen molar-refractivity contribution in [3.63, 3.8) is 0 Å². The van der Waals surface area contributed by atoms with Gasteiger partial charge in [-0.2, -0.15) is 0 Å². The first kappa shape index (κ1) is 25.5. The number of halogens is 8. The number of alkyl halides is 6. The first-order valence-corrected chi connectivity index (χ1v) is 10.4. The molecule has 0 fully saturated rings. The van der Waals surface area contributed by atoms with E-state index in [0.717, 1.165) is 24.3 Å². The van der Waals surface area contributed by atoms with Crippen molar-refractivity contribution in [2.24, 2.45) is 0 Å². The second-order valence-corrected chi connectivity index (χ2v) is 7.90. The number of hydrogen-bond donors (Lipinski definition) is 1. The van der Waals surface area contributed by atoms with E-state index in [0.29, 0.717) is 18.2 Å². The standard InChI is InChI=1S/C24H16BF8NO2/c1-35-13-4-2-12(3-5-13)22-14-6-17(26)16(25-10-23(28,29)30)8-20(14)36-21-9-19(18(27)7-15(21)22)34-11-24(31,32)33/h2-9,34H,10-11H2,1H3. The van der Waals surface area contributed by atoms with E-state index in [1.165, 1.54) is 7.11 Å². The van der Waals surface area contributed by atoms with Gasteiger partial charge in [-0.3, -0.25) is 0 Å². The van der Waals surface area contributed by atoms with Crippen molar-refractivity contribution in [1.29, 1.82) is 0 Å². The maximum absolute atomic E-state index is 14.8. The van der Waals surface area contributed by atoms with E-state index < -0.39 is 42.5 Å². The van der Waals surface area contributed by atoms with Crippen LogP contribution < -0.4 is 20.0 Å². The summed E-state index contributed by atoms with van der Waals surface area (Å²) >= 11 is 0. The Morgan fingerprint density at radius 3 is 2.17 bits per heavy atom. The molecule has 0 amide bonds. The van der Waals surface area contributed by atoms with Crippen LogP contribution in [0.5, 0.6) is 17.2 Å². The predicted octanol–water partition coefficient (Wildman–Crippen LogP) is 6.24. The van der Waals surface area contributed by atoms with Crippen molar-refractivity contribution in [1.82, 2.24) is 0 Å². The van der Waals surface area contributed by atoms with Gasteiger partial charge in [0.2, 0.25) is 0 Å². The Kier molecular flexibility index (Phi) is 6.72. The van der Waals surface area contributed by atoms with Gasteiger partial charge >= 0.3 is 199 Å². The molecule has 0 saturated carbocycles. The van der Waals surface area contributed by atoms with Gasteiger partial charge in [0.15, 0.2) is 0 Å². The van der Waals surface area contributed by atoms with E-state index in [-0.39, 0.29) is 33.0 Å². The summed E-state index contributed by atoms with van der Waals surface area (Å²) in [6, 6.07) is 10.4. The van der Waals surface area contributed by atoms with Gasteiger partial charge in [0.05, 0.1) is 0 Å². The number of rotatable bonds is 5.